The smallest absolute Gasteiger partial charge is 0.342 e. The largest absolute Gasteiger partial charge is 0.496 e. The molecule has 1 amide bonds. The molecule has 2 aromatic carbocycles. The summed E-state index contributed by atoms with van der Waals surface area (Å²) >= 11 is 0. The lowest BCUT2D eigenvalue weighted by atomic mass is 10.2. The Morgan fingerprint density at radius 1 is 1.14 bits per heavy atom. The molecule has 2 N–H and O–H groups in total. The Labute approximate surface area is 163 Å². The Bertz CT molecular complexity index is 960. The quantitative estimate of drug-likeness (QED) is 0.698. The predicted molar refractivity (Wildman–Crippen MR) is 102 cm³/mol. The number of methoxy groups -OCH3 is 1. The Morgan fingerprint density at radius 2 is 1.79 bits per heavy atom. The molecule has 0 fully saturated rings. The van der Waals surface area contributed by atoms with E-state index >= 15 is 0 Å². The van der Waals surface area contributed by atoms with Gasteiger partial charge in [-0.1, -0.05) is 30.3 Å². The predicted octanol–water partition coefficient (Wildman–Crippen LogP) is 1.55. The molecule has 0 spiro atoms. The summed E-state index contributed by atoms with van der Waals surface area (Å²) in [5, 5.41) is 5.10. The third-order valence-electron chi connectivity index (χ3n) is 3.99. The van der Waals surface area contributed by atoms with Crippen molar-refractivity contribution >= 4 is 21.9 Å². The van der Waals surface area contributed by atoms with Gasteiger partial charge in [-0.3, -0.25) is 4.79 Å². The van der Waals surface area contributed by atoms with Gasteiger partial charge >= 0.3 is 5.97 Å². The van der Waals surface area contributed by atoms with Crippen molar-refractivity contribution in [2.24, 2.45) is 5.14 Å². The zero-order chi connectivity index (χ0) is 20.9. The summed E-state index contributed by atoms with van der Waals surface area (Å²) in [4.78, 5) is 26.2. The minimum Gasteiger partial charge on any atom is -0.496 e. The molecule has 0 saturated heterocycles. The molecule has 0 saturated carbocycles. The number of ether oxygens (including phenoxy) is 2. The van der Waals surface area contributed by atoms with E-state index in [0.717, 1.165) is 11.6 Å². The van der Waals surface area contributed by atoms with Crippen molar-refractivity contribution in [1.82, 2.24) is 4.90 Å². The first-order valence-electron chi connectivity index (χ1n) is 8.34. The van der Waals surface area contributed by atoms with E-state index in [4.69, 9.17) is 14.6 Å². The van der Waals surface area contributed by atoms with Crippen LogP contribution in [0.4, 0.5) is 0 Å². The van der Waals surface area contributed by atoms with E-state index in [-0.39, 0.29) is 16.2 Å². The zero-order valence-electron chi connectivity index (χ0n) is 15.8. The molecular weight excluding hydrogens is 384 g/mol. The van der Waals surface area contributed by atoms with Gasteiger partial charge in [0.15, 0.2) is 6.10 Å². The molecule has 0 radical (unpaired) electrons. The molecular formula is C19H22N2O6S. The molecule has 28 heavy (non-hydrogen) atoms. The molecule has 150 valence electrons. The first kappa shape index (κ1) is 21.4. The summed E-state index contributed by atoms with van der Waals surface area (Å²) in [5.74, 6) is -1.19. The number of rotatable bonds is 7. The average molecular weight is 406 g/mol. The van der Waals surface area contributed by atoms with Gasteiger partial charge in [0.2, 0.25) is 10.0 Å². The molecule has 2 rings (SSSR count). The number of sulfonamides is 1. The van der Waals surface area contributed by atoms with Crippen LogP contribution in [0.5, 0.6) is 5.75 Å². The van der Waals surface area contributed by atoms with Crippen LogP contribution in [0.2, 0.25) is 0 Å². The second-order valence-electron chi connectivity index (χ2n) is 6.13. The number of carbonyl (C=O) groups is 2. The molecule has 0 aliphatic carbocycles. The lowest BCUT2D eigenvalue weighted by Gasteiger charge is -2.22. The Hall–Kier alpha value is -2.91. The van der Waals surface area contributed by atoms with Gasteiger partial charge in [-0.05, 0) is 30.7 Å². The highest BCUT2D eigenvalue weighted by atomic mass is 32.2. The SMILES string of the molecule is COc1ccc(S(N)(=O)=O)cc1C(=O)O[C@H](C)C(=O)N(C)Cc1ccccc1. The lowest BCUT2D eigenvalue weighted by molar-refractivity contribution is -0.139. The molecule has 9 heteroatoms. The lowest BCUT2D eigenvalue weighted by Crippen LogP contribution is -2.37. The number of hydrogen-bond donors (Lipinski definition) is 1. The number of carbonyl (C=O) groups excluding carboxylic acids is 2. The van der Waals surface area contributed by atoms with E-state index in [2.05, 4.69) is 0 Å². The normalized spacial score (nSPS) is 12.1. The van der Waals surface area contributed by atoms with Crippen molar-refractivity contribution in [3.05, 3.63) is 59.7 Å². The van der Waals surface area contributed by atoms with Gasteiger partial charge < -0.3 is 14.4 Å². The number of benzene rings is 2. The summed E-state index contributed by atoms with van der Waals surface area (Å²) in [7, 11) is -1.09. The third kappa shape index (κ3) is 5.30. The number of nitrogens with zero attached hydrogens (tertiary/aromatic N) is 1. The first-order chi connectivity index (χ1) is 13.1. The number of likely N-dealkylation sites (N-methyl/N-ethyl adjacent to an activating group) is 1. The van der Waals surface area contributed by atoms with Crippen LogP contribution in [-0.4, -0.2) is 45.5 Å². The fraction of sp³-hybridized carbons (Fsp3) is 0.263. The van der Waals surface area contributed by atoms with Gasteiger partial charge in [0.25, 0.3) is 5.91 Å². The van der Waals surface area contributed by atoms with E-state index < -0.39 is 28.0 Å². The number of primary sulfonamides is 1. The number of nitrogens with two attached hydrogens (primary N) is 1. The van der Waals surface area contributed by atoms with Crippen molar-refractivity contribution in [1.29, 1.82) is 0 Å². The maximum atomic E-state index is 12.5. The van der Waals surface area contributed by atoms with E-state index in [1.807, 2.05) is 30.3 Å². The Morgan fingerprint density at radius 3 is 2.36 bits per heavy atom. The van der Waals surface area contributed by atoms with Gasteiger partial charge in [-0.15, -0.1) is 0 Å². The highest BCUT2D eigenvalue weighted by Crippen LogP contribution is 2.23. The molecule has 0 aliphatic heterocycles. The summed E-state index contributed by atoms with van der Waals surface area (Å²) in [5.41, 5.74) is 0.791. The minimum absolute atomic E-state index is 0.106. The molecule has 0 unspecified atom stereocenters. The second kappa shape index (κ2) is 8.85. The topological polar surface area (TPSA) is 116 Å². The van der Waals surface area contributed by atoms with E-state index in [9.17, 15) is 18.0 Å². The Kier molecular flexibility index (Phi) is 6.76. The zero-order valence-corrected chi connectivity index (χ0v) is 16.6. The van der Waals surface area contributed by atoms with Crippen LogP contribution in [0.25, 0.3) is 0 Å². The van der Waals surface area contributed by atoms with Crippen molar-refractivity contribution in [2.75, 3.05) is 14.2 Å². The molecule has 0 aromatic heterocycles. The van der Waals surface area contributed by atoms with Crippen molar-refractivity contribution in [3.63, 3.8) is 0 Å². The summed E-state index contributed by atoms with van der Waals surface area (Å²) < 4.78 is 33.3. The van der Waals surface area contributed by atoms with Crippen LogP contribution in [0.15, 0.2) is 53.4 Å². The molecule has 2 aromatic rings. The second-order valence-corrected chi connectivity index (χ2v) is 7.70. The monoisotopic (exact) mass is 406 g/mol. The molecule has 1 atom stereocenters. The van der Waals surface area contributed by atoms with Crippen LogP contribution in [0, 0.1) is 0 Å². The number of amides is 1. The van der Waals surface area contributed by atoms with Crippen LogP contribution in [0.1, 0.15) is 22.8 Å². The van der Waals surface area contributed by atoms with Crippen LogP contribution < -0.4 is 9.88 Å². The third-order valence-corrected chi connectivity index (χ3v) is 4.90. The fourth-order valence-electron chi connectivity index (χ4n) is 2.54. The van der Waals surface area contributed by atoms with Crippen molar-refractivity contribution < 1.29 is 27.5 Å². The van der Waals surface area contributed by atoms with E-state index in [0.29, 0.717) is 6.54 Å². The number of hydrogen-bond acceptors (Lipinski definition) is 6. The van der Waals surface area contributed by atoms with Gasteiger partial charge in [0.1, 0.15) is 11.3 Å². The molecule has 0 aliphatic rings. The van der Waals surface area contributed by atoms with E-state index in [1.54, 1.807) is 7.05 Å². The van der Waals surface area contributed by atoms with Crippen molar-refractivity contribution in [2.45, 2.75) is 24.5 Å². The minimum atomic E-state index is -4.02. The maximum absolute atomic E-state index is 12.5. The standard InChI is InChI=1S/C19H22N2O6S/c1-13(18(22)21(2)12-14-7-5-4-6-8-14)27-19(23)16-11-15(28(20,24)25)9-10-17(16)26-3/h4-11,13H,12H2,1-3H3,(H2,20,24,25)/t13-/m1/s1. The molecule has 8 nitrogen and oxygen atoms in total. The maximum Gasteiger partial charge on any atom is 0.342 e. The van der Waals surface area contributed by atoms with Crippen molar-refractivity contribution in [3.8, 4) is 5.75 Å². The fourth-order valence-corrected chi connectivity index (χ4v) is 3.08. The summed E-state index contributed by atoms with van der Waals surface area (Å²) in [6, 6.07) is 12.9. The van der Waals surface area contributed by atoms with Gasteiger partial charge in [0.05, 0.1) is 12.0 Å². The summed E-state index contributed by atoms with van der Waals surface area (Å²) in [6.07, 6.45) is -1.08. The summed E-state index contributed by atoms with van der Waals surface area (Å²) in [6.45, 7) is 1.80. The Balaban J connectivity index is 2.14. The van der Waals surface area contributed by atoms with Gasteiger partial charge in [-0.25, -0.2) is 18.4 Å². The first-order valence-corrected chi connectivity index (χ1v) is 9.89. The molecule has 0 heterocycles. The molecule has 0 bridgehead atoms. The van der Waals surface area contributed by atoms with Gasteiger partial charge in [0, 0.05) is 13.6 Å². The van der Waals surface area contributed by atoms with Gasteiger partial charge in [-0.2, -0.15) is 0 Å². The van der Waals surface area contributed by atoms with Crippen LogP contribution >= 0.6 is 0 Å². The highest BCUT2D eigenvalue weighted by Gasteiger charge is 2.25. The van der Waals surface area contributed by atoms with Crippen LogP contribution in [0.3, 0.4) is 0 Å². The van der Waals surface area contributed by atoms with E-state index in [1.165, 1.54) is 31.1 Å². The average Bonchev–Trinajstić information content (AvgIpc) is 2.66. The number of esters is 1. The van der Waals surface area contributed by atoms with Crippen LogP contribution in [-0.2, 0) is 26.1 Å². The highest BCUT2D eigenvalue weighted by molar-refractivity contribution is 7.89.